The number of carbonyl (C=O) groups is 1. The van der Waals surface area contributed by atoms with E-state index in [4.69, 9.17) is 21.4 Å². The second kappa shape index (κ2) is 10.1. The Morgan fingerprint density at radius 3 is 2.35 bits per heavy atom. The van der Waals surface area contributed by atoms with Gasteiger partial charge in [-0.2, -0.15) is 0 Å². The molecule has 5 rings (SSSR count). The fraction of sp³-hybridized carbons (Fsp3) is 0.308. The van der Waals surface area contributed by atoms with Crippen LogP contribution in [0.3, 0.4) is 0 Å². The van der Waals surface area contributed by atoms with E-state index in [9.17, 15) is 13.2 Å². The average Bonchev–Trinajstić information content (AvgIpc) is 3.75. The smallest absolute Gasteiger partial charge is 0.407 e. The highest BCUT2D eigenvalue weighted by atomic mass is 35.5. The minimum absolute atomic E-state index is 0.293. The molecule has 0 spiro atoms. The Morgan fingerprint density at radius 1 is 1.03 bits per heavy atom. The minimum Gasteiger partial charge on any atom is -0.497 e. The number of benzene rings is 2. The number of piperazine rings is 1. The van der Waals surface area contributed by atoms with Gasteiger partial charge in [-0.3, -0.25) is 4.72 Å². The zero-order valence-electron chi connectivity index (χ0n) is 20.2. The molecule has 1 aliphatic carbocycles. The number of halogens is 1. The molecule has 37 heavy (non-hydrogen) atoms. The molecule has 0 radical (unpaired) electrons. The molecule has 1 amide bonds. The van der Waals surface area contributed by atoms with Crippen LogP contribution in [-0.2, 0) is 10.0 Å². The Balaban J connectivity index is 1.40. The van der Waals surface area contributed by atoms with Gasteiger partial charge in [-0.25, -0.2) is 18.2 Å². The molecule has 0 bridgehead atoms. The third kappa shape index (κ3) is 5.60. The number of anilines is 2. The summed E-state index contributed by atoms with van der Waals surface area (Å²) in [6.07, 6.45) is 2.15. The molecule has 9 nitrogen and oxygen atoms in total. The molecule has 194 valence electrons. The molecule has 1 saturated heterocycles. The van der Waals surface area contributed by atoms with Crippen LogP contribution in [0.5, 0.6) is 5.75 Å². The molecule has 2 fully saturated rings. The van der Waals surface area contributed by atoms with Crippen molar-refractivity contribution in [1.82, 2.24) is 9.88 Å². The first-order chi connectivity index (χ1) is 17.7. The number of carboxylic acid groups (broad SMARTS) is 1. The summed E-state index contributed by atoms with van der Waals surface area (Å²) in [4.78, 5) is 19.1. The van der Waals surface area contributed by atoms with Crippen LogP contribution >= 0.6 is 11.6 Å². The summed E-state index contributed by atoms with van der Waals surface area (Å²) in [6.45, 7) is 2.23. The molecule has 2 N–H and O–H groups in total. The van der Waals surface area contributed by atoms with Crippen molar-refractivity contribution in [2.45, 2.75) is 18.1 Å². The summed E-state index contributed by atoms with van der Waals surface area (Å²) in [5.74, 6) is 0.500. The Bertz CT molecular complexity index is 1420. The lowest BCUT2D eigenvalue weighted by Crippen LogP contribution is -2.48. The molecule has 11 heteroatoms. The van der Waals surface area contributed by atoms with E-state index in [0.717, 1.165) is 16.8 Å². The highest BCUT2D eigenvalue weighted by Crippen LogP contribution is 2.37. The number of methoxy groups -OCH3 is 1. The SMILES string of the molecule is COc1cc(NS(=O)(=O)C2CC2)cc(-c2cc(-c3ccc(N4CCN(C(=O)O)CC4)cc3)cnc2Cl)c1. The maximum atomic E-state index is 12.5. The highest BCUT2D eigenvalue weighted by Gasteiger charge is 2.35. The van der Waals surface area contributed by atoms with Crippen molar-refractivity contribution in [1.29, 1.82) is 0 Å². The quantitative estimate of drug-likeness (QED) is 0.413. The van der Waals surface area contributed by atoms with Gasteiger partial charge in [0, 0.05) is 55.3 Å². The van der Waals surface area contributed by atoms with Gasteiger partial charge in [0.15, 0.2) is 0 Å². The molecule has 0 atom stereocenters. The van der Waals surface area contributed by atoms with Gasteiger partial charge in [0.1, 0.15) is 10.9 Å². The lowest BCUT2D eigenvalue weighted by atomic mass is 10.0. The van der Waals surface area contributed by atoms with Gasteiger partial charge in [-0.15, -0.1) is 0 Å². The van der Waals surface area contributed by atoms with Crippen LogP contribution < -0.4 is 14.4 Å². The van der Waals surface area contributed by atoms with E-state index in [1.54, 1.807) is 24.4 Å². The number of sulfonamides is 1. The van der Waals surface area contributed by atoms with Crippen molar-refractivity contribution in [3.63, 3.8) is 0 Å². The van der Waals surface area contributed by atoms with Gasteiger partial charge in [0.25, 0.3) is 0 Å². The average molecular weight is 543 g/mol. The summed E-state index contributed by atoms with van der Waals surface area (Å²) in [6, 6.07) is 15.1. The third-order valence-corrected chi connectivity index (χ3v) is 8.80. The Kier molecular flexibility index (Phi) is 6.87. The summed E-state index contributed by atoms with van der Waals surface area (Å²) in [5, 5.41) is 9.10. The molecule has 2 heterocycles. The second-order valence-electron chi connectivity index (χ2n) is 9.16. The number of nitrogens with zero attached hydrogens (tertiary/aromatic N) is 3. The van der Waals surface area contributed by atoms with Gasteiger partial charge in [0.2, 0.25) is 10.0 Å². The Labute approximate surface area is 220 Å². The zero-order valence-corrected chi connectivity index (χ0v) is 21.8. The van der Waals surface area contributed by atoms with E-state index in [0.29, 0.717) is 66.7 Å². The number of rotatable bonds is 7. The first-order valence-electron chi connectivity index (χ1n) is 11.9. The number of ether oxygens (including phenoxy) is 1. The van der Waals surface area contributed by atoms with Crippen molar-refractivity contribution in [2.75, 3.05) is 42.9 Å². The molecule has 1 saturated carbocycles. The number of amides is 1. The molecular weight excluding hydrogens is 516 g/mol. The molecule has 0 unspecified atom stereocenters. The summed E-state index contributed by atoms with van der Waals surface area (Å²) < 4.78 is 33.0. The minimum atomic E-state index is -3.44. The van der Waals surface area contributed by atoms with Crippen molar-refractivity contribution in [2.24, 2.45) is 0 Å². The summed E-state index contributed by atoms with van der Waals surface area (Å²) in [5.41, 5.74) is 4.56. The van der Waals surface area contributed by atoms with Crippen LogP contribution in [0.4, 0.5) is 16.2 Å². The number of hydrogen-bond donors (Lipinski definition) is 2. The Hall–Kier alpha value is -3.50. The summed E-state index contributed by atoms with van der Waals surface area (Å²) >= 11 is 6.48. The largest absolute Gasteiger partial charge is 0.497 e. The van der Waals surface area contributed by atoms with Crippen LogP contribution in [0.2, 0.25) is 5.15 Å². The van der Waals surface area contributed by atoms with Gasteiger partial charge in [0.05, 0.1) is 18.0 Å². The maximum absolute atomic E-state index is 12.5. The van der Waals surface area contributed by atoms with Crippen molar-refractivity contribution in [3.8, 4) is 28.0 Å². The molecule has 2 aliphatic rings. The van der Waals surface area contributed by atoms with Crippen LogP contribution in [0.1, 0.15) is 12.8 Å². The molecule has 2 aromatic carbocycles. The number of hydrogen-bond acceptors (Lipinski definition) is 6. The maximum Gasteiger partial charge on any atom is 0.407 e. The normalized spacial score (nSPS) is 15.9. The van der Waals surface area contributed by atoms with E-state index in [1.165, 1.54) is 12.0 Å². The molecular formula is C26H27ClN4O5S. The topological polar surface area (TPSA) is 112 Å². The fourth-order valence-electron chi connectivity index (χ4n) is 4.39. The lowest BCUT2D eigenvalue weighted by molar-refractivity contribution is 0.142. The van der Waals surface area contributed by atoms with Crippen LogP contribution in [0.25, 0.3) is 22.3 Å². The molecule has 1 aromatic heterocycles. The van der Waals surface area contributed by atoms with E-state index in [2.05, 4.69) is 14.6 Å². The second-order valence-corrected chi connectivity index (χ2v) is 11.5. The molecule has 3 aromatic rings. The van der Waals surface area contributed by atoms with Gasteiger partial charge in [-0.1, -0.05) is 23.7 Å². The first-order valence-corrected chi connectivity index (χ1v) is 13.9. The van der Waals surface area contributed by atoms with Gasteiger partial charge < -0.3 is 19.6 Å². The van der Waals surface area contributed by atoms with E-state index < -0.39 is 16.1 Å². The standard InChI is InChI=1S/C26H27ClN4O5S/c1-36-22-13-18(12-20(15-22)29-37(34,35)23-6-7-23)24-14-19(16-28-25(24)27)17-2-4-21(5-3-17)30-8-10-31(11-9-30)26(32)33/h2-5,12-16,23,29H,6-11H2,1H3,(H,32,33). The monoisotopic (exact) mass is 542 g/mol. The number of aromatic nitrogens is 1. The number of pyridine rings is 1. The van der Waals surface area contributed by atoms with E-state index in [1.807, 2.05) is 30.3 Å². The van der Waals surface area contributed by atoms with Gasteiger partial charge >= 0.3 is 6.09 Å². The van der Waals surface area contributed by atoms with E-state index in [-0.39, 0.29) is 5.25 Å². The number of nitrogens with one attached hydrogen (secondary N) is 1. The first kappa shape index (κ1) is 25.2. The lowest BCUT2D eigenvalue weighted by Gasteiger charge is -2.34. The predicted octanol–water partition coefficient (Wildman–Crippen LogP) is 4.78. The fourth-order valence-corrected chi connectivity index (χ4v) is 5.97. The third-order valence-electron chi connectivity index (χ3n) is 6.63. The van der Waals surface area contributed by atoms with Crippen molar-refractivity contribution < 1.29 is 23.1 Å². The predicted molar refractivity (Wildman–Crippen MR) is 144 cm³/mol. The van der Waals surface area contributed by atoms with Crippen molar-refractivity contribution in [3.05, 3.63) is 59.9 Å². The van der Waals surface area contributed by atoms with E-state index >= 15 is 0 Å². The summed E-state index contributed by atoms with van der Waals surface area (Å²) in [7, 11) is -1.91. The van der Waals surface area contributed by atoms with Crippen LogP contribution in [-0.4, -0.2) is 68.0 Å². The zero-order chi connectivity index (χ0) is 26.2. The van der Waals surface area contributed by atoms with Gasteiger partial charge in [-0.05, 0) is 54.3 Å². The molecule has 1 aliphatic heterocycles. The van der Waals surface area contributed by atoms with Crippen LogP contribution in [0.15, 0.2) is 54.7 Å². The van der Waals surface area contributed by atoms with Crippen LogP contribution in [0, 0.1) is 0 Å². The van der Waals surface area contributed by atoms with Crippen molar-refractivity contribution >= 4 is 39.1 Å². The highest BCUT2D eigenvalue weighted by molar-refractivity contribution is 7.93. The Morgan fingerprint density at radius 2 is 1.73 bits per heavy atom.